The van der Waals surface area contributed by atoms with Gasteiger partial charge in [-0.15, -0.1) is 0 Å². The van der Waals surface area contributed by atoms with Gasteiger partial charge < -0.3 is 15.2 Å². The van der Waals surface area contributed by atoms with Crippen LogP contribution in [0.1, 0.15) is 18.1 Å². The highest BCUT2D eigenvalue weighted by Crippen LogP contribution is 2.40. The molecule has 0 saturated carbocycles. The Morgan fingerprint density at radius 2 is 1.77 bits per heavy atom. The predicted molar refractivity (Wildman–Crippen MR) is 126 cm³/mol. The lowest BCUT2D eigenvalue weighted by Gasteiger charge is -2.21. The van der Waals surface area contributed by atoms with Gasteiger partial charge in [0, 0.05) is 54.1 Å². The Labute approximate surface area is 180 Å². The fourth-order valence-corrected chi connectivity index (χ4v) is 4.44. The number of aromatic nitrogens is 1. The zero-order valence-electron chi connectivity index (χ0n) is 17.3. The minimum absolute atomic E-state index is 0.0906. The molecule has 3 aromatic carbocycles. The van der Waals surface area contributed by atoms with Crippen LogP contribution in [0.5, 0.6) is 0 Å². The first-order valence-electron chi connectivity index (χ1n) is 10.4. The van der Waals surface area contributed by atoms with Crippen LogP contribution < -0.4 is 15.8 Å². The van der Waals surface area contributed by atoms with Crippen LogP contribution >= 0.6 is 0 Å². The zero-order valence-corrected chi connectivity index (χ0v) is 17.3. The van der Waals surface area contributed by atoms with E-state index in [4.69, 9.17) is 0 Å². The number of rotatable bonds is 4. The maximum absolute atomic E-state index is 12.3. The summed E-state index contributed by atoms with van der Waals surface area (Å²) in [5.74, 6) is -0.0906. The topological polar surface area (TPSA) is 65.2 Å². The first-order valence-corrected chi connectivity index (χ1v) is 10.4. The van der Waals surface area contributed by atoms with Gasteiger partial charge in [-0.25, -0.2) is 0 Å². The number of benzene rings is 3. The zero-order chi connectivity index (χ0) is 21.4. The van der Waals surface area contributed by atoms with Gasteiger partial charge in [0.25, 0.3) is 5.56 Å². The number of nitrogens with zero attached hydrogens (tertiary/aromatic N) is 1. The quantitative estimate of drug-likeness (QED) is 0.513. The van der Waals surface area contributed by atoms with Crippen molar-refractivity contribution in [3.63, 3.8) is 0 Å². The number of anilines is 2. The summed E-state index contributed by atoms with van der Waals surface area (Å²) in [6.45, 7) is 3.24. The fourth-order valence-electron chi connectivity index (χ4n) is 4.44. The Hall–Kier alpha value is -3.86. The van der Waals surface area contributed by atoms with Crippen molar-refractivity contribution in [2.24, 2.45) is 0 Å². The SMILES string of the molecule is CC(=O)Nc1cc(-c2c[nH]c(=O)c3ccccc23)cc2c1CCN2Cc1ccccc1. The van der Waals surface area contributed by atoms with Crippen LogP contribution in [-0.4, -0.2) is 17.4 Å². The highest BCUT2D eigenvalue weighted by Gasteiger charge is 2.24. The molecule has 4 aromatic rings. The van der Waals surface area contributed by atoms with E-state index in [0.29, 0.717) is 5.39 Å². The molecule has 5 nitrogen and oxygen atoms in total. The predicted octanol–water partition coefficient (Wildman–Crippen LogP) is 4.72. The Morgan fingerprint density at radius 1 is 1.03 bits per heavy atom. The molecule has 154 valence electrons. The second-order valence-corrected chi connectivity index (χ2v) is 7.94. The normalized spacial score (nSPS) is 12.7. The highest BCUT2D eigenvalue weighted by atomic mass is 16.1. The standard InChI is InChI=1S/C26H23N3O2/c1-17(30)28-24-13-19(23-15-27-26(31)21-10-6-5-9-20(21)23)14-25-22(24)11-12-29(25)16-18-7-3-2-4-8-18/h2-10,13-15H,11-12,16H2,1H3,(H,27,31)(H,28,30). The van der Waals surface area contributed by atoms with Crippen molar-refractivity contribution in [1.82, 2.24) is 4.98 Å². The molecule has 31 heavy (non-hydrogen) atoms. The van der Waals surface area contributed by atoms with Gasteiger partial charge >= 0.3 is 0 Å². The number of aromatic amines is 1. The van der Waals surface area contributed by atoms with E-state index in [2.05, 4.69) is 45.5 Å². The summed E-state index contributed by atoms with van der Waals surface area (Å²) in [5.41, 5.74) is 6.17. The molecule has 1 aliphatic rings. The van der Waals surface area contributed by atoms with E-state index in [1.165, 1.54) is 12.5 Å². The first kappa shape index (κ1) is 19.1. The van der Waals surface area contributed by atoms with Gasteiger partial charge in [0.1, 0.15) is 0 Å². The van der Waals surface area contributed by atoms with Crippen molar-refractivity contribution in [2.75, 3.05) is 16.8 Å². The molecule has 0 aliphatic carbocycles. The smallest absolute Gasteiger partial charge is 0.255 e. The molecule has 0 radical (unpaired) electrons. The fraction of sp³-hybridized carbons (Fsp3) is 0.154. The van der Waals surface area contributed by atoms with Crippen LogP contribution in [0.25, 0.3) is 21.9 Å². The average molecular weight is 409 g/mol. The van der Waals surface area contributed by atoms with Crippen LogP contribution in [0.3, 0.4) is 0 Å². The molecular weight excluding hydrogens is 386 g/mol. The minimum atomic E-state index is -0.103. The second-order valence-electron chi connectivity index (χ2n) is 7.94. The lowest BCUT2D eigenvalue weighted by atomic mass is 9.97. The molecule has 1 aliphatic heterocycles. The summed E-state index contributed by atoms with van der Waals surface area (Å²) in [6.07, 6.45) is 2.64. The van der Waals surface area contributed by atoms with Gasteiger partial charge in [0.05, 0.1) is 0 Å². The number of hydrogen-bond donors (Lipinski definition) is 2. The van der Waals surface area contributed by atoms with Crippen molar-refractivity contribution in [3.05, 3.63) is 94.4 Å². The summed E-state index contributed by atoms with van der Waals surface area (Å²) in [4.78, 5) is 29.4. The molecule has 0 bridgehead atoms. The van der Waals surface area contributed by atoms with Crippen molar-refractivity contribution < 1.29 is 4.79 Å². The van der Waals surface area contributed by atoms with E-state index in [1.807, 2.05) is 36.4 Å². The van der Waals surface area contributed by atoms with E-state index in [-0.39, 0.29) is 11.5 Å². The molecule has 0 unspecified atom stereocenters. The van der Waals surface area contributed by atoms with E-state index < -0.39 is 0 Å². The van der Waals surface area contributed by atoms with Crippen molar-refractivity contribution >= 4 is 28.1 Å². The van der Waals surface area contributed by atoms with E-state index in [1.54, 1.807) is 6.20 Å². The number of amides is 1. The molecule has 5 rings (SSSR count). The van der Waals surface area contributed by atoms with Gasteiger partial charge in [-0.1, -0.05) is 48.5 Å². The summed E-state index contributed by atoms with van der Waals surface area (Å²) in [7, 11) is 0. The molecule has 2 N–H and O–H groups in total. The average Bonchev–Trinajstić information content (AvgIpc) is 3.17. The number of hydrogen-bond acceptors (Lipinski definition) is 3. The number of H-pyrrole nitrogens is 1. The molecule has 1 amide bonds. The van der Waals surface area contributed by atoms with Crippen LogP contribution in [0.4, 0.5) is 11.4 Å². The van der Waals surface area contributed by atoms with Crippen LogP contribution in [0.15, 0.2) is 77.7 Å². The maximum atomic E-state index is 12.3. The van der Waals surface area contributed by atoms with Gasteiger partial charge in [0.15, 0.2) is 0 Å². The van der Waals surface area contributed by atoms with Crippen LogP contribution in [-0.2, 0) is 17.8 Å². The highest BCUT2D eigenvalue weighted by molar-refractivity contribution is 5.99. The molecule has 0 atom stereocenters. The van der Waals surface area contributed by atoms with Crippen LogP contribution in [0, 0.1) is 0 Å². The minimum Gasteiger partial charge on any atom is -0.367 e. The molecule has 0 saturated heterocycles. The van der Waals surface area contributed by atoms with Gasteiger partial charge in [-0.05, 0) is 41.1 Å². The summed E-state index contributed by atoms with van der Waals surface area (Å²) < 4.78 is 0. The largest absolute Gasteiger partial charge is 0.367 e. The summed E-state index contributed by atoms with van der Waals surface area (Å²) in [5, 5.41) is 4.57. The lowest BCUT2D eigenvalue weighted by molar-refractivity contribution is -0.114. The Bertz CT molecular complexity index is 1340. The first-order chi connectivity index (χ1) is 15.1. The molecular formula is C26H23N3O2. The van der Waals surface area contributed by atoms with Gasteiger partial charge in [-0.3, -0.25) is 9.59 Å². The number of fused-ring (bicyclic) bond motifs is 2. The number of pyridine rings is 1. The second kappa shape index (κ2) is 7.76. The summed E-state index contributed by atoms with van der Waals surface area (Å²) in [6, 6.07) is 22.2. The van der Waals surface area contributed by atoms with E-state index in [9.17, 15) is 9.59 Å². The van der Waals surface area contributed by atoms with Crippen LogP contribution in [0.2, 0.25) is 0 Å². The Morgan fingerprint density at radius 3 is 2.55 bits per heavy atom. The Balaban J connectivity index is 1.66. The van der Waals surface area contributed by atoms with E-state index in [0.717, 1.165) is 53.0 Å². The van der Waals surface area contributed by atoms with Crippen molar-refractivity contribution in [1.29, 1.82) is 0 Å². The number of nitrogens with one attached hydrogen (secondary N) is 2. The molecule has 2 heterocycles. The molecule has 0 spiro atoms. The third-order valence-electron chi connectivity index (χ3n) is 5.85. The monoisotopic (exact) mass is 409 g/mol. The molecule has 1 aromatic heterocycles. The van der Waals surface area contributed by atoms with Gasteiger partial charge in [-0.2, -0.15) is 0 Å². The van der Waals surface area contributed by atoms with Crippen molar-refractivity contribution in [3.8, 4) is 11.1 Å². The maximum Gasteiger partial charge on any atom is 0.255 e. The summed E-state index contributed by atoms with van der Waals surface area (Å²) >= 11 is 0. The van der Waals surface area contributed by atoms with E-state index >= 15 is 0 Å². The number of carbonyl (C=O) groups excluding carboxylic acids is 1. The van der Waals surface area contributed by atoms with Gasteiger partial charge in [0.2, 0.25) is 5.91 Å². The third-order valence-corrected chi connectivity index (χ3v) is 5.85. The Kier molecular flexibility index (Phi) is 4.79. The number of carbonyl (C=O) groups is 1. The third kappa shape index (κ3) is 3.59. The van der Waals surface area contributed by atoms with Crippen molar-refractivity contribution in [2.45, 2.75) is 19.9 Å². The molecule has 0 fully saturated rings. The lowest BCUT2D eigenvalue weighted by Crippen LogP contribution is -2.19. The molecule has 5 heteroatoms.